The van der Waals surface area contributed by atoms with Crippen LogP contribution in [0, 0.1) is 21.7 Å². The molecule has 108 valence electrons. The lowest BCUT2D eigenvalue weighted by Crippen LogP contribution is -2.04. The van der Waals surface area contributed by atoms with Crippen LogP contribution >= 0.6 is 0 Å². The molecule has 0 saturated heterocycles. The summed E-state index contributed by atoms with van der Waals surface area (Å²) in [7, 11) is 0. The second kappa shape index (κ2) is 5.49. The Balaban J connectivity index is 2.45. The zero-order valence-electron chi connectivity index (χ0n) is 10.1. The zero-order valence-corrected chi connectivity index (χ0v) is 10.1. The minimum absolute atomic E-state index is 0.257. The molecule has 1 heterocycles. The Bertz CT molecular complexity index is 736. The van der Waals surface area contributed by atoms with Gasteiger partial charge in [-0.2, -0.15) is 4.98 Å². The summed E-state index contributed by atoms with van der Waals surface area (Å²) in [5.41, 5.74) is -1.09. The fourth-order valence-electron chi connectivity index (χ4n) is 1.42. The first kappa shape index (κ1) is 14.3. The fourth-order valence-corrected chi connectivity index (χ4v) is 1.42. The number of benzene rings is 1. The van der Waals surface area contributed by atoms with Gasteiger partial charge in [-0.3, -0.25) is 10.1 Å². The van der Waals surface area contributed by atoms with Gasteiger partial charge in [0.05, 0.1) is 4.92 Å². The summed E-state index contributed by atoms with van der Waals surface area (Å²) in [5, 5.41) is 19.6. The summed E-state index contributed by atoms with van der Waals surface area (Å²) < 4.78 is 30.8. The summed E-state index contributed by atoms with van der Waals surface area (Å²) in [6.07, 6.45) is 0. The van der Waals surface area contributed by atoms with Gasteiger partial charge in [0.1, 0.15) is 5.75 Å². The highest BCUT2D eigenvalue weighted by Gasteiger charge is 2.21. The van der Waals surface area contributed by atoms with Gasteiger partial charge in [0.2, 0.25) is 0 Å². The number of nitro groups is 1. The van der Waals surface area contributed by atoms with E-state index in [4.69, 9.17) is 9.84 Å². The van der Waals surface area contributed by atoms with Crippen LogP contribution in [0.5, 0.6) is 11.6 Å². The van der Waals surface area contributed by atoms with Gasteiger partial charge in [-0.05, 0) is 18.2 Å². The maximum atomic E-state index is 13.0. The van der Waals surface area contributed by atoms with Crippen LogP contribution in [-0.2, 0) is 0 Å². The first-order valence-electron chi connectivity index (χ1n) is 5.40. The summed E-state index contributed by atoms with van der Waals surface area (Å²) in [6.45, 7) is 0. The van der Waals surface area contributed by atoms with Crippen molar-refractivity contribution in [2.24, 2.45) is 0 Å². The predicted octanol–water partition coefficient (Wildman–Crippen LogP) is 2.76. The first-order valence-corrected chi connectivity index (χ1v) is 5.40. The number of carboxylic acid groups (broad SMARTS) is 1. The molecule has 2 rings (SSSR count). The van der Waals surface area contributed by atoms with Crippen LogP contribution in [0.25, 0.3) is 0 Å². The molecule has 1 N–H and O–H groups in total. The van der Waals surface area contributed by atoms with Crippen LogP contribution in [0.1, 0.15) is 10.5 Å². The van der Waals surface area contributed by atoms with Crippen molar-refractivity contribution < 1.29 is 28.3 Å². The van der Waals surface area contributed by atoms with Crippen molar-refractivity contribution in [3.63, 3.8) is 0 Å². The lowest BCUT2D eigenvalue weighted by atomic mass is 10.3. The highest BCUT2D eigenvalue weighted by molar-refractivity contribution is 5.85. The fraction of sp³-hybridized carbons (Fsp3) is 0. The third-order valence-corrected chi connectivity index (χ3v) is 2.36. The predicted molar refractivity (Wildman–Crippen MR) is 64.3 cm³/mol. The van der Waals surface area contributed by atoms with Crippen molar-refractivity contribution in [2.75, 3.05) is 0 Å². The SMILES string of the molecule is O=C(O)c1ccc([N+](=O)[O-])c(Oc2ccc(F)c(F)c2)n1. The summed E-state index contributed by atoms with van der Waals surface area (Å²) in [4.78, 5) is 24.2. The Morgan fingerprint density at radius 1 is 1.24 bits per heavy atom. The Morgan fingerprint density at radius 3 is 2.52 bits per heavy atom. The third kappa shape index (κ3) is 3.08. The van der Waals surface area contributed by atoms with E-state index in [1.165, 1.54) is 0 Å². The van der Waals surface area contributed by atoms with E-state index in [-0.39, 0.29) is 5.75 Å². The topological polar surface area (TPSA) is 103 Å². The van der Waals surface area contributed by atoms with Crippen molar-refractivity contribution >= 4 is 11.7 Å². The molecule has 0 unspecified atom stereocenters. The standard InChI is InChI=1S/C12H6F2N2O5/c13-7-2-1-6(5-8(7)14)21-11-10(16(19)20)4-3-9(15-11)12(17)18/h1-5H,(H,17,18). The molecule has 0 aliphatic heterocycles. The summed E-state index contributed by atoms with van der Waals surface area (Å²) >= 11 is 0. The molecule has 0 amide bonds. The van der Waals surface area contributed by atoms with Crippen molar-refractivity contribution in [3.8, 4) is 11.6 Å². The van der Waals surface area contributed by atoms with E-state index in [0.29, 0.717) is 6.07 Å². The van der Waals surface area contributed by atoms with Crippen LogP contribution in [-0.4, -0.2) is 21.0 Å². The number of pyridine rings is 1. The number of nitrogens with zero attached hydrogens (tertiary/aromatic N) is 2. The van der Waals surface area contributed by atoms with Gasteiger partial charge in [-0.25, -0.2) is 13.6 Å². The molecular weight excluding hydrogens is 290 g/mol. The van der Waals surface area contributed by atoms with Crippen LogP contribution in [0.3, 0.4) is 0 Å². The Morgan fingerprint density at radius 2 is 1.95 bits per heavy atom. The molecule has 0 saturated carbocycles. The Hall–Kier alpha value is -3.10. The van der Waals surface area contributed by atoms with Gasteiger partial charge in [-0.15, -0.1) is 0 Å². The summed E-state index contributed by atoms with van der Waals surface area (Å²) in [6, 6.07) is 4.27. The minimum Gasteiger partial charge on any atom is -0.477 e. The molecule has 0 aliphatic rings. The molecule has 0 fully saturated rings. The van der Waals surface area contributed by atoms with Gasteiger partial charge in [0.15, 0.2) is 17.3 Å². The van der Waals surface area contributed by atoms with Crippen molar-refractivity contribution in [2.45, 2.75) is 0 Å². The number of aromatic carboxylic acids is 1. The molecule has 7 nitrogen and oxygen atoms in total. The molecular formula is C12H6F2N2O5. The maximum Gasteiger partial charge on any atom is 0.354 e. The van der Waals surface area contributed by atoms with E-state index in [2.05, 4.69) is 4.98 Å². The number of aromatic nitrogens is 1. The quantitative estimate of drug-likeness (QED) is 0.687. The Kier molecular flexibility index (Phi) is 3.74. The van der Waals surface area contributed by atoms with E-state index < -0.39 is 39.8 Å². The lowest BCUT2D eigenvalue weighted by Gasteiger charge is -2.06. The average Bonchev–Trinajstić information content (AvgIpc) is 2.42. The number of carboxylic acids is 1. The van der Waals surface area contributed by atoms with E-state index in [9.17, 15) is 23.7 Å². The average molecular weight is 296 g/mol. The zero-order chi connectivity index (χ0) is 15.6. The lowest BCUT2D eigenvalue weighted by molar-refractivity contribution is -0.386. The van der Waals surface area contributed by atoms with Gasteiger partial charge in [-0.1, -0.05) is 0 Å². The van der Waals surface area contributed by atoms with E-state index in [1.54, 1.807) is 0 Å². The highest BCUT2D eigenvalue weighted by Crippen LogP contribution is 2.30. The van der Waals surface area contributed by atoms with E-state index >= 15 is 0 Å². The van der Waals surface area contributed by atoms with Crippen molar-refractivity contribution in [1.82, 2.24) is 4.98 Å². The molecule has 1 aromatic carbocycles. The van der Waals surface area contributed by atoms with Gasteiger partial charge in [0, 0.05) is 12.1 Å². The molecule has 0 radical (unpaired) electrons. The molecule has 0 aliphatic carbocycles. The van der Waals surface area contributed by atoms with Gasteiger partial charge >= 0.3 is 11.7 Å². The molecule has 1 aromatic heterocycles. The monoisotopic (exact) mass is 296 g/mol. The van der Waals surface area contributed by atoms with Gasteiger partial charge in [0.25, 0.3) is 5.88 Å². The molecule has 0 spiro atoms. The summed E-state index contributed by atoms with van der Waals surface area (Å²) in [5.74, 6) is -4.65. The number of hydrogen-bond donors (Lipinski definition) is 1. The minimum atomic E-state index is -1.42. The Labute approximate surface area is 115 Å². The van der Waals surface area contributed by atoms with E-state index in [0.717, 1.165) is 24.3 Å². The third-order valence-electron chi connectivity index (χ3n) is 2.36. The highest BCUT2D eigenvalue weighted by atomic mass is 19.2. The first-order chi connectivity index (χ1) is 9.88. The second-order valence-electron chi connectivity index (χ2n) is 3.76. The van der Waals surface area contributed by atoms with Gasteiger partial charge < -0.3 is 9.84 Å². The molecule has 21 heavy (non-hydrogen) atoms. The van der Waals surface area contributed by atoms with Crippen LogP contribution < -0.4 is 4.74 Å². The maximum absolute atomic E-state index is 13.0. The molecule has 9 heteroatoms. The molecule has 0 bridgehead atoms. The van der Waals surface area contributed by atoms with Crippen LogP contribution in [0.2, 0.25) is 0 Å². The van der Waals surface area contributed by atoms with Crippen molar-refractivity contribution in [1.29, 1.82) is 0 Å². The normalized spacial score (nSPS) is 10.2. The van der Waals surface area contributed by atoms with Crippen LogP contribution in [0.15, 0.2) is 30.3 Å². The second-order valence-corrected chi connectivity index (χ2v) is 3.76. The molecule has 2 aromatic rings. The largest absolute Gasteiger partial charge is 0.477 e. The van der Waals surface area contributed by atoms with E-state index in [1.807, 2.05) is 0 Å². The smallest absolute Gasteiger partial charge is 0.354 e. The number of carbonyl (C=O) groups is 1. The molecule has 0 atom stereocenters. The number of halogens is 2. The number of rotatable bonds is 4. The van der Waals surface area contributed by atoms with Crippen molar-refractivity contribution in [3.05, 3.63) is 57.8 Å². The number of hydrogen-bond acceptors (Lipinski definition) is 5. The number of ether oxygens (including phenoxy) is 1. The van der Waals surface area contributed by atoms with Crippen LogP contribution in [0.4, 0.5) is 14.5 Å².